The molecule has 11 nitrogen and oxygen atoms in total. The minimum Gasteiger partial charge on any atom is -0.814 e. The SMILES string of the molecule is [B-]P(=O)([O-])OC[C@H]1O[C@@H](n2cc(C)c(=O)[nH]c2=O)C[C@@H]1O.[NH4+].[NH4+]. The minimum absolute atomic E-state index is 0. The average molecular weight is 351 g/mol. The molecule has 1 aliphatic rings. The van der Waals surface area contributed by atoms with E-state index in [-0.39, 0.29) is 18.7 Å². The Bertz CT molecular complexity index is 687. The van der Waals surface area contributed by atoms with Gasteiger partial charge in [-0.3, -0.25) is 14.3 Å². The van der Waals surface area contributed by atoms with Crippen molar-refractivity contribution in [2.45, 2.75) is 31.8 Å². The van der Waals surface area contributed by atoms with Crippen LogP contribution in [0.5, 0.6) is 0 Å². The largest absolute Gasteiger partial charge is 0.814 e. The number of aromatic nitrogens is 2. The number of rotatable bonds is 4. The predicted octanol–water partition coefficient (Wildman–Crippen LogP) is -1.10. The van der Waals surface area contributed by atoms with Crippen molar-refractivity contribution in [2.24, 2.45) is 0 Å². The number of nitrogens with one attached hydrogen (secondary N) is 1. The zero-order valence-corrected chi connectivity index (χ0v) is 14.0. The Kier molecular flexibility index (Phi) is 7.58. The molecule has 0 saturated carbocycles. The lowest BCUT2D eigenvalue weighted by molar-refractivity contribution is -0.194. The van der Waals surface area contributed by atoms with Crippen LogP contribution in [0.15, 0.2) is 15.8 Å². The normalized spacial score (nSPS) is 26.0. The van der Waals surface area contributed by atoms with Gasteiger partial charge in [0, 0.05) is 18.2 Å². The molecule has 0 bridgehead atoms. The summed E-state index contributed by atoms with van der Waals surface area (Å²) in [7, 11) is 0.294. The molecule has 1 aliphatic heterocycles. The van der Waals surface area contributed by atoms with E-state index in [1.54, 1.807) is 0 Å². The van der Waals surface area contributed by atoms with Gasteiger partial charge < -0.3 is 43.7 Å². The van der Waals surface area contributed by atoms with E-state index in [1.807, 2.05) is 0 Å². The van der Waals surface area contributed by atoms with E-state index in [9.17, 15) is 24.2 Å². The van der Waals surface area contributed by atoms with Crippen molar-refractivity contribution in [3.8, 4) is 0 Å². The maximum Gasteiger partial charge on any atom is 0.330 e. The lowest BCUT2D eigenvalue weighted by Crippen LogP contribution is -2.33. The highest BCUT2D eigenvalue weighted by Crippen LogP contribution is 2.33. The van der Waals surface area contributed by atoms with Crippen molar-refractivity contribution in [1.29, 1.82) is 0 Å². The molecular formula is C10H21BN4O7P. The molecule has 1 fully saturated rings. The van der Waals surface area contributed by atoms with E-state index in [2.05, 4.69) is 9.51 Å². The van der Waals surface area contributed by atoms with Crippen LogP contribution in [0, 0.1) is 6.92 Å². The number of aliphatic hydroxyl groups is 1. The number of ether oxygens (including phenoxy) is 1. The van der Waals surface area contributed by atoms with Gasteiger partial charge in [0.15, 0.2) is 0 Å². The number of aliphatic hydroxyl groups excluding tert-OH is 1. The number of hydrogen-bond acceptors (Lipinski definition) is 7. The molecule has 0 aromatic carbocycles. The van der Waals surface area contributed by atoms with Gasteiger partial charge >= 0.3 is 5.69 Å². The van der Waals surface area contributed by atoms with Crippen LogP contribution in [0.1, 0.15) is 18.2 Å². The van der Waals surface area contributed by atoms with Gasteiger partial charge in [0.05, 0.1) is 12.7 Å². The van der Waals surface area contributed by atoms with Gasteiger partial charge in [-0.15, -0.1) is 7.47 Å². The second kappa shape index (κ2) is 8.02. The van der Waals surface area contributed by atoms with Crippen LogP contribution in [0.2, 0.25) is 0 Å². The van der Waals surface area contributed by atoms with Gasteiger partial charge in [0.25, 0.3) is 5.56 Å². The second-order valence-electron chi connectivity index (χ2n) is 4.75. The highest BCUT2D eigenvalue weighted by molar-refractivity contribution is 7.77. The molecule has 23 heavy (non-hydrogen) atoms. The summed E-state index contributed by atoms with van der Waals surface area (Å²) >= 11 is 0. The Morgan fingerprint density at radius 2 is 2.17 bits per heavy atom. The summed E-state index contributed by atoms with van der Waals surface area (Å²) < 4.78 is 21.6. The summed E-state index contributed by atoms with van der Waals surface area (Å²) in [6.07, 6.45) is -1.45. The van der Waals surface area contributed by atoms with Crippen LogP contribution in [-0.4, -0.2) is 41.0 Å². The molecule has 1 aromatic heterocycles. The third kappa shape index (κ3) is 5.39. The van der Waals surface area contributed by atoms with Crippen LogP contribution in [0.25, 0.3) is 0 Å². The van der Waals surface area contributed by atoms with Crippen LogP contribution >= 0.6 is 7.47 Å². The third-order valence-corrected chi connectivity index (χ3v) is 3.59. The van der Waals surface area contributed by atoms with Gasteiger partial charge in [0.2, 0.25) is 0 Å². The fourth-order valence-electron chi connectivity index (χ4n) is 2.01. The van der Waals surface area contributed by atoms with Crippen LogP contribution in [0.3, 0.4) is 0 Å². The van der Waals surface area contributed by atoms with E-state index in [1.165, 1.54) is 13.1 Å². The average Bonchev–Trinajstić information content (AvgIpc) is 2.72. The van der Waals surface area contributed by atoms with Crippen molar-refractivity contribution >= 4 is 15.0 Å². The molecule has 131 valence electrons. The number of H-pyrrole nitrogens is 1. The summed E-state index contributed by atoms with van der Waals surface area (Å²) in [5.41, 5.74) is -0.888. The number of quaternary nitrogens is 2. The Hall–Kier alpha value is -1.27. The maximum atomic E-state index is 11.7. The van der Waals surface area contributed by atoms with Crippen LogP contribution < -0.4 is 28.4 Å². The molecule has 10 N–H and O–H groups in total. The molecule has 0 aliphatic carbocycles. The number of nitrogens with zero attached hydrogens (tertiary/aromatic N) is 1. The summed E-state index contributed by atoms with van der Waals surface area (Å²) in [6.45, 7) is 1.06. The monoisotopic (exact) mass is 351 g/mol. The first-order valence-corrected chi connectivity index (χ1v) is 7.68. The van der Waals surface area contributed by atoms with Crippen molar-refractivity contribution < 1.29 is 23.8 Å². The predicted molar refractivity (Wildman–Crippen MR) is 81.9 cm³/mol. The first-order valence-electron chi connectivity index (χ1n) is 6.07. The summed E-state index contributed by atoms with van der Waals surface area (Å²) in [4.78, 5) is 35.8. The lowest BCUT2D eigenvalue weighted by Gasteiger charge is -2.34. The molecule has 0 amide bonds. The number of aromatic amines is 1. The number of hydrogen-bond donors (Lipinski definition) is 4. The zero-order valence-electron chi connectivity index (χ0n) is 13.1. The second-order valence-corrected chi connectivity index (χ2v) is 6.08. The van der Waals surface area contributed by atoms with Gasteiger partial charge in [-0.25, -0.2) is 4.79 Å². The van der Waals surface area contributed by atoms with Crippen molar-refractivity contribution in [2.75, 3.05) is 6.61 Å². The molecule has 4 atom stereocenters. The minimum atomic E-state index is -4.42. The molecule has 1 saturated heterocycles. The fraction of sp³-hybridized carbons (Fsp3) is 0.600. The molecule has 1 aromatic rings. The summed E-state index contributed by atoms with van der Waals surface area (Å²) in [5.74, 6) is 0. The van der Waals surface area contributed by atoms with Crippen LogP contribution in [0.4, 0.5) is 0 Å². The fourth-order valence-corrected chi connectivity index (χ4v) is 2.37. The molecule has 1 unspecified atom stereocenters. The third-order valence-electron chi connectivity index (χ3n) is 3.08. The summed E-state index contributed by atoms with van der Waals surface area (Å²) in [5, 5.41) is 9.81. The lowest BCUT2D eigenvalue weighted by atomic mass is 10.2. The molecule has 0 spiro atoms. The molecular weight excluding hydrogens is 330 g/mol. The maximum absolute atomic E-state index is 11.7. The first-order chi connectivity index (χ1) is 9.67. The van der Waals surface area contributed by atoms with Crippen molar-refractivity contribution in [3.63, 3.8) is 0 Å². The van der Waals surface area contributed by atoms with Gasteiger partial charge in [-0.1, -0.05) is 0 Å². The van der Waals surface area contributed by atoms with Gasteiger partial charge in [-0.05, 0) is 6.92 Å². The van der Waals surface area contributed by atoms with E-state index >= 15 is 0 Å². The van der Waals surface area contributed by atoms with Gasteiger partial charge in [0.1, 0.15) is 12.3 Å². The van der Waals surface area contributed by atoms with Gasteiger partial charge in [-0.2, -0.15) is 0 Å². The van der Waals surface area contributed by atoms with E-state index in [0.29, 0.717) is 5.56 Å². The first kappa shape index (κ1) is 21.7. The summed E-state index contributed by atoms with van der Waals surface area (Å²) in [6, 6.07) is 0. The van der Waals surface area contributed by atoms with E-state index in [4.69, 9.17) is 12.3 Å². The topological polar surface area (TPSA) is 207 Å². The van der Waals surface area contributed by atoms with E-state index < -0.39 is 43.8 Å². The standard InChI is InChI=1S/C10H14BN2O7P.2H3N/c1-5-3-13(10(16)12-9(5)15)8-2-6(14)7(20-8)4-19-21(11,17)18;;/h3,6-8,14H,2,4H2,1H3,(H,17,18)(H,12,15,16);2*1H3/q-1;;/p+1/t6-,7+,8+;;/m0../s1. The Labute approximate surface area is 132 Å². The Morgan fingerprint density at radius 1 is 1.57 bits per heavy atom. The number of aryl methyl sites for hydroxylation is 1. The zero-order chi connectivity index (χ0) is 15.8. The Balaban J connectivity index is 0.00000242. The smallest absolute Gasteiger partial charge is 0.330 e. The quantitative estimate of drug-likeness (QED) is 0.388. The van der Waals surface area contributed by atoms with Crippen molar-refractivity contribution in [3.05, 3.63) is 32.6 Å². The molecule has 2 heterocycles. The molecule has 13 heteroatoms. The van der Waals surface area contributed by atoms with Crippen LogP contribution in [-0.2, 0) is 13.8 Å². The molecule has 2 rings (SSSR count). The Morgan fingerprint density at radius 3 is 2.74 bits per heavy atom. The highest BCUT2D eigenvalue weighted by atomic mass is 31.2. The van der Waals surface area contributed by atoms with E-state index in [0.717, 1.165) is 4.57 Å². The van der Waals surface area contributed by atoms with Crippen molar-refractivity contribution in [1.82, 2.24) is 21.9 Å². The molecule has 3 radical (unpaired) electrons. The highest BCUT2D eigenvalue weighted by Gasteiger charge is 2.35.